The van der Waals surface area contributed by atoms with Gasteiger partial charge in [0.25, 0.3) is 11.8 Å². The van der Waals surface area contributed by atoms with Crippen molar-refractivity contribution in [2.75, 3.05) is 13.1 Å². The first-order chi connectivity index (χ1) is 11.7. The van der Waals surface area contributed by atoms with E-state index in [0.29, 0.717) is 25.2 Å². The van der Waals surface area contributed by atoms with Gasteiger partial charge in [-0.05, 0) is 24.0 Å². The number of imide groups is 1. The minimum absolute atomic E-state index is 0.232. The Morgan fingerprint density at radius 2 is 1.38 bits per heavy atom. The third kappa shape index (κ3) is 3.90. The van der Waals surface area contributed by atoms with Crippen LogP contribution in [0.2, 0.25) is 0 Å². The van der Waals surface area contributed by atoms with Crippen LogP contribution in [0.1, 0.15) is 11.1 Å². The molecule has 2 aromatic rings. The Labute approximate surface area is 141 Å². The number of amides is 2. The fourth-order valence-electron chi connectivity index (χ4n) is 2.72. The maximum absolute atomic E-state index is 12.4. The zero-order chi connectivity index (χ0) is 16.8. The summed E-state index contributed by atoms with van der Waals surface area (Å²) < 4.78 is 0. The molecule has 0 bridgehead atoms. The van der Waals surface area contributed by atoms with E-state index >= 15 is 0 Å². The number of benzene rings is 2. The van der Waals surface area contributed by atoms with Crippen LogP contribution in [0.25, 0.3) is 0 Å². The molecule has 0 radical (unpaired) electrons. The van der Waals surface area contributed by atoms with Crippen LogP contribution in [0.15, 0.2) is 72.4 Å². The molecule has 0 fully saturated rings. The van der Waals surface area contributed by atoms with Gasteiger partial charge < -0.3 is 5.32 Å². The summed E-state index contributed by atoms with van der Waals surface area (Å²) in [7, 11) is 0. The molecule has 0 unspecified atom stereocenters. The minimum Gasteiger partial charge on any atom is -0.380 e. The van der Waals surface area contributed by atoms with Gasteiger partial charge in [0.15, 0.2) is 0 Å². The smallest absolute Gasteiger partial charge is 0.276 e. The van der Waals surface area contributed by atoms with Crippen LogP contribution in [0.3, 0.4) is 0 Å². The van der Waals surface area contributed by atoms with Crippen molar-refractivity contribution < 1.29 is 9.59 Å². The Morgan fingerprint density at radius 1 is 0.792 bits per heavy atom. The quantitative estimate of drug-likeness (QED) is 0.797. The maximum atomic E-state index is 12.4. The van der Waals surface area contributed by atoms with E-state index in [9.17, 15) is 9.59 Å². The largest absolute Gasteiger partial charge is 0.380 e. The first kappa shape index (κ1) is 16.0. The number of rotatable bonds is 7. The highest BCUT2D eigenvalue weighted by atomic mass is 16.2. The van der Waals surface area contributed by atoms with Gasteiger partial charge in [-0.3, -0.25) is 14.5 Å². The minimum atomic E-state index is -0.238. The molecule has 1 aliphatic heterocycles. The molecule has 122 valence electrons. The Hall–Kier alpha value is -2.88. The molecule has 0 atom stereocenters. The van der Waals surface area contributed by atoms with Crippen LogP contribution in [0.4, 0.5) is 0 Å². The number of carbonyl (C=O) groups is 2. The van der Waals surface area contributed by atoms with E-state index in [4.69, 9.17) is 0 Å². The van der Waals surface area contributed by atoms with Gasteiger partial charge in [0, 0.05) is 19.2 Å². The average molecular weight is 320 g/mol. The molecular formula is C20H20N2O2. The lowest BCUT2D eigenvalue weighted by Crippen LogP contribution is -2.35. The molecule has 0 aliphatic carbocycles. The lowest BCUT2D eigenvalue weighted by molar-refractivity contribution is -0.137. The summed E-state index contributed by atoms with van der Waals surface area (Å²) in [5.74, 6) is -0.470. The number of nitrogens with one attached hydrogen (secondary N) is 1. The standard InChI is InChI=1S/C20H20N2O2/c23-19-15-18(21-13-11-16-7-3-1-4-8-16)20(24)22(19)14-12-17-9-5-2-6-10-17/h1-10,15,21H,11-14H2. The van der Waals surface area contributed by atoms with Crippen molar-refractivity contribution in [2.45, 2.75) is 12.8 Å². The third-order valence-electron chi connectivity index (χ3n) is 4.05. The monoisotopic (exact) mass is 320 g/mol. The van der Waals surface area contributed by atoms with Crippen LogP contribution in [-0.2, 0) is 22.4 Å². The zero-order valence-corrected chi connectivity index (χ0v) is 13.4. The number of hydrogen-bond acceptors (Lipinski definition) is 3. The normalized spacial score (nSPS) is 14.0. The summed E-state index contributed by atoms with van der Waals surface area (Å²) >= 11 is 0. The van der Waals surface area contributed by atoms with Crippen molar-refractivity contribution >= 4 is 11.8 Å². The Morgan fingerprint density at radius 3 is 2.00 bits per heavy atom. The summed E-state index contributed by atoms with van der Waals surface area (Å²) in [6.45, 7) is 1.03. The first-order valence-electron chi connectivity index (χ1n) is 8.13. The number of carbonyl (C=O) groups excluding carboxylic acids is 2. The van der Waals surface area contributed by atoms with Crippen molar-refractivity contribution in [1.29, 1.82) is 0 Å². The van der Waals surface area contributed by atoms with E-state index < -0.39 is 0 Å². The van der Waals surface area contributed by atoms with E-state index in [2.05, 4.69) is 5.32 Å². The Balaban J connectivity index is 1.50. The second-order valence-corrected chi connectivity index (χ2v) is 5.75. The van der Waals surface area contributed by atoms with Gasteiger partial charge in [0.05, 0.1) is 0 Å². The predicted molar refractivity (Wildman–Crippen MR) is 93.1 cm³/mol. The average Bonchev–Trinajstić information content (AvgIpc) is 2.89. The lowest BCUT2D eigenvalue weighted by atomic mass is 10.1. The van der Waals surface area contributed by atoms with Gasteiger partial charge in [-0.1, -0.05) is 60.7 Å². The molecule has 1 aliphatic rings. The van der Waals surface area contributed by atoms with Crippen molar-refractivity contribution in [3.8, 4) is 0 Å². The van der Waals surface area contributed by atoms with Crippen molar-refractivity contribution in [1.82, 2.24) is 10.2 Å². The van der Waals surface area contributed by atoms with Crippen LogP contribution in [0.5, 0.6) is 0 Å². The van der Waals surface area contributed by atoms with Crippen LogP contribution >= 0.6 is 0 Å². The van der Waals surface area contributed by atoms with E-state index in [1.807, 2.05) is 60.7 Å². The fraction of sp³-hybridized carbons (Fsp3) is 0.200. The van der Waals surface area contributed by atoms with E-state index in [1.165, 1.54) is 16.5 Å². The summed E-state index contributed by atoms with van der Waals surface area (Å²) in [4.78, 5) is 25.7. The van der Waals surface area contributed by atoms with Crippen LogP contribution in [0, 0.1) is 0 Å². The molecule has 3 rings (SSSR count). The van der Waals surface area contributed by atoms with E-state index in [0.717, 1.165) is 12.0 Å². The second-order valence-electron chi connectivity index (χ2n) is 5.75. The molecule has 2 aromatic carbocycles. The highest BCUT2D eigenvalue weighted by Gasteiger charge is 2.30. The fourth-order valence-corrected chi connectivity index (χ4v) is 2.72. The molecule has 1 heterocycles. The summed E-state index contributed by atoms with van der Waals surface area (Å²) in [5.41, 5.74) is 2.70. The second kappa shape index (κ2) is 7.59. The highest BCUT2D eigenvalue weighted by Crippen LogP contribution is 2.12. The number of hydrogen-bond donors (Lipinski definition) is 1. The van der Waals surface area contributed by atoms with E-state index in [-0.39, 0.29) is 11.8 Å². The van der Waals surface area contributed by atoms with Gasteiger partial charge in [0.1, 0.15) is 5.70 Å². The van der Waals surface area contributed by atoms with Crippen molar-refractivity contribution in [3.63, 3.8) is 0 Å². The molecule has 2 amide bonds. The molecule has 4 nitrogen and oxygen atoms in total. The molecule has 1 N–H and O–H groups in total. The first-order valence-corrected chi connectivity index (χ1v) is 8.13. The molecular weight excluding hydrogens is 300 g/mol. The van der Waals surface area contributed by atoms with E-state index in [1.54, 1.807) is 0 Å². The molecule has 4 heteroatoms. The topological polar surface area (TPSA) is 49.4 Å². The molecule has 0 saturated carbocycles. The molecule has 0 aromatic heterocycles. The predicted octanol–water partition coefficient (Wildman–Crippen LogP) is 2.31. The Kier molecular flexibility index (Phi) is 5.06. The highest BCUT2D eigenvalue weighted by molar-refractivity contribution is 6.15. The summed E-state index contributed by atoms with van der Waals surface area (Å²) in [6, 6.07) is 19.9. The Bertz CT molecular complexity index is 739. The van der Waals surface area contributed by atoms with Gasteiger partial charge in [0.2, 0.25) is 0 Å². The third-order valence-corrected chi connectivity index (χ3v) is 4.05. The van der Waals surface area contributed by atoms with Gasteiger partial charge in [-0.2, -0.15) is 0 Å². The molecule has 0 spiro atoms. The SMILES string of the molecule is O=C1C=C(NCCc2ccccc2)C(=O)N1CCc1ccccc1. The van der Waals surface area contributed by atoms with Crippen LogP contribution < -0.4 is 5.32 Å². The summed E-state index contributed by atoms with van der Waals surface area (Å²) in [5, 5.41) is 3.09. The lowest BCUT2D eigenvalue weighted by Gasteiger charge is -2.15. The van der Waals surface area contributed by atoms with Gasteiger partial charge in [-0.15, -0.1) is 0 Å². The van der Waals surface area contributed by atoms with Gasteiger partial charge >= 0.3 is 0 Å². The summed E-state index contributed by atoms with van der Waals surface area (Å²) in [6.07, 6.45) is 2.88. The van der Waals surface area contributed by atoms with Crippen molar-refractivity contribution in [3.05, 3.63) is 83.6 Å². The zero-order valence-electron chi connectivity index (χ0n) is 13.4. The maximum Gasteiger partial charge on any atom is 0.276 e. The molecule has 0 saturated heterocycles. The van der Waals surface area contributed by atoms with Gasteiger partial charge in [-0.25, -0.2) is 0 Å². The van der Waals surface area contributed by atoms with Crippen molar-refractivity contribution in [2.24, 2.45) is 0 Å². The van der Waals surface area contributed by atoms with Crippen LogP contribution in [-0.4, -0.2) is 29.8 Å². The number of nitrogens with zero attached hydrogens (tertiary/aromatic N) is 1. The molecule has 24 heavy (non-hydrogen) atoms.